The third-order valence-corrected chi connectivity index (χ3v) is 3.42. The van der Waals surface area contributed by atoms with Crippen molar-refractivity contribution < 1.29 is 4.39 Å². The number of rotatable bonds is 2. The number of nitrogens with zero attached hydrogens (tertiary/aromatic N) is 2. The number of aromatic nitrogens is 2. The Morgan fingerprint density at radius 1 is 1.39 bits per heavy atom. The molecular formula is C12H12ClFN4. The molecule has 0 bridgehead atoms. The monoisotopic (exact) mass is 266 g/mol. The van der Waals surface area contributed by atoms with E-state index in [0.29, 0.717) is 17.4 Å². The molecule has 1 fully saturated rings. The standard InChI is InChI=1S/C12H12ClFN4/c13-8-3-1-2-7(9(8)14)10-11(15)18(16)12(17-10)6-4-5-6/h1-3,6H,4-5,15-16H2. The summed E-state index contributed by atoms with van der Waals surface area (Å²) in [5, 5.41) is 0.0476. The third kappa shape index (κ3) is 1.62. The minimum Gasteiger partial charge on any atom is -0.382 e. The van der Waals surface area contributed by atoms with E-state index in [2.05, 4.69) is 4.98 Å². The van der Waals surface area contributed by atoms with Gasteiger partial charge in [-0.05, 0) is 25.0 Å². The molecule has 6 heteroatoms. The molecule has 94 valence electrons. The number of benzene rings is 1. The van der Waals surface area contributed by atoms with Crippen LogP contribution in [0.4, 0.5) is 10.2 Å². The number of hydrogen-bond acceptors (Lipinski definition) is 3. The van der Waals surface area contributed by atoms with Crippen LogP contribution in [0, 0.1) is 5.82 Å². The van der Waals surface area contributed by atoms with Crippen LogP contribution < -0.4 is 11.6 Å². The minimum absolute atomic E-state index is 0.0476. The molecule has 0 unspecified atom stereocenters. The van der Waals surface area contributed by atoms with Gasteiger partial charge >= 0.3 is 0 Å². The lowest BCUT2D eigenvalue weighted by molar-refractivity contribution is 0.631. The van der Waals surface area contributed by atoms with Crippen LogP contribution in [0.1, 0.15) is 24.6 Å². The maximum Gasteiger partial charge on any atom is 0.151 e. The summed E-state index contributed by atoms with van der Waals surface area (Å²) >= 11 is 5.76. The third-order valence-electron chi connectivity index (χ3n) is 3.12. The number of hydrogen-bond donors (Lipinski definition) is 2. The Hall–Kier alpha value is -1.75. The fourth-order valence-corrected chi connectivity index (χ4v) is 2.15. The number of nitrogen functional groups attached to an aromatic ring is 2. The van der Waals surface area contributed by atoms with E-state index in [0.717, 1.165) is 12.8 Å². The summed E-state index contributed by atoms with van der Waals surface area (Å²) < 4.78 is 15.3. The molecule has 18 heavy (non-hydrogen) atoms. The molecule has 1 heterocycles. The van der Waals surface area contributed by atoms with Gasteiger partial charge in [-0.1, -0.05) is 17.7 Å². The van der Waals surface area contributed by atoms with E-state index >= 15 is 0 Å². The SMILES string of the molecule is Nc1c(-c2cccc(Cl)c2F)nc(C2CC2)n1N. The zero-order valence-electron chi connectivity index (χ0n) is 9.53. The predicted octanol–water partition coefficient (Wildman–Crippen LogP) is 2.52. The second kappa shape index (κ2) is 3.88. The quantitative estimate of drug-likeness (QED) is 0.821. The normalized spacial score (nSPS) is 15.0. The van der Waals surface area contributed by atoms with Crippen molar-refractivity contribution in [1.29, 1.82) is 0 Å². The molecule has 1 aliphatic rings. The first-order valence-corrected chi connectivity index (χ1v) is 6.05. The molecule has 1 aromatic heterocycles. The van der Waals surface area contributed by atoms with Gasteiger partial charge < -0.3 is 11.6 Å². The topological polar surface area (TPSA) is 69.9 Å². The molecular weight excluding hydrogens is 255 g/mol. The lowest BCUT2D eigenvalue weighted by atomic mass is 10.1. The number of imidazole rings is 1. The first kappa shape index (κ1) is 11.3. The zero-order valence-corrected chi connectivity index (χ0v) is 10.3. The lowest BCUT2D eigenvalue weighted by Crippen LogP contribution is -2.14. The average Bonchev–Trinajstić information content (AvgIpc) is 3.14. The molecule has 1 aliphatic carbocycles. The summed E-state index contributed by atoms with van der Waals surface area (Å²) in [7, 11) is 0. The molecule has 3 rings (SSSR count). The highest BCUT2D eigenvalue weighted by atomic mass is 35.5. The predicted molar refractivity (Wildman–Crippen MR) is 69.2 cm³/mol. The van der Waals surface area contributed by atoms with Crippen molar-refractivity contribution in [3.8, 4) is 11.3 Å². The minimum atomic E-state index is -0.522. The lowest BCUT2D eigenvalue weighted by Gasteiger charge is -2.03. The van der Waals surface area contributed by atoms with E-state index in [1.54, 1.807) is 12.1 Å². The van der Waals surface area contributed by atoms with Crippen LogP contribution in [0.25, 0.3) is 11.3 Å². The average molecular weight is 267 g/mol. The van der Waals surface area contributed by atoms with Crippen LogP contribution in [0.3, 0.4) is 0 Å². The van der Waals surface area contributed by atoms with Crippen LogP contribution in [-0.2, 0) is 0 Å². The highest BCUT2D eigenvalue weighted by molar-refractivity contribution is 6.31. The van der Waals surface area contributed by atoms with Gasteiger partial charge in [-0.15, -0.1) is 0 Å². The second-order valence-electron chi connectivity index (χ2n) is 4.45. The highest BCUT2D eigenvalue weighted by Crippen LogP contribution is 2.41. The number of anilines is 1. The Morgan fingerprint density at radius 3 is 2.78 bits per heavy atom. The summed E-state index contributed by atoms with van der Waals surface area (Å²) in [6.45, 7) is 0. The zero-order chi connectivity index (χ0) is 12.9. The van der Waals surface area contributed by atoms with Crippen molar-refractivity contribution in [2.24, 2.45) is 0 Å². The molecule has 4 nitrogen and oxygen atoms in total. The summed E-state index contributed by atoms with van der Waals surface area (Å²) in [6, 6.07) is 4.74. The molecule has 0 saturated heterocycles. The van der Waals surface area contributed by atoms with E-state index in [1.807, 2.05) is 0 Å². The van der Waals surface area contributed by atoms with Gasteiger partial charge in [-0.25, -0.2) is 14.1 Å². The molecule has 1 saturated carbocycles. The van der Waals surface area contributed by atoms with Crippen molar-refractivity contribution >= 4 is 17.4 Å². The Balaban J connectivity index is 2.17. The van der Waals surface area contributed by atoms with E-state index in [9.17, 15) is 4.39 Å². The summed E-state index contributed by atoms with van der Waals surface area (Å²) in [6.07, 6.45) is 2.09. The summed E-state index contributed by atoms with van der Waals surface area (Å²) in [4.78, 5) is 4.36. The molecule has 0 spiro atoms. The van der Waals surface area contributed by atoms with Gasteiger partial charge in [0.25, 0.3) is 0 Å². The van der Waals surface area contributed by atoms with Crippen molar-refractivity contribution in [2.75, 3.05) is 11.6 Å². The number of nitrogens with two attached hydrogens (primary N) is 2. The smallest absolute Gasteiger partial charge is 0.151 e. The van der Waals surface area contributed by atoms with Crippen LogP contribution in [-0.4, -0.2) is 9.66 Å². The maximum atomic E-state index is 13.9. The van der Waals surface area contributed by atoms with Crippen molar-refractivity contribution in [2.45, 2.75) is 18.8 Å². The van der Waals surface area contributed by atoms with E-state index in [4.69, 9.17) is 23.2 Å². The first-order chi connectivity index (χ1) is 8.59. The fourth-order valence-electron chi connectivity index (χ4n) is 1.98. The molecule has 0 aliphatic heterocycles. The second-order valence-corrected chi connectivity index (χ2v) is 4.86. The molecule has 0 amide bonds. The highest BCUT2D eigenvalue weighted by Gasteiger charge is 2.31. The van der Waals surface area contributed by atoms with Gasteiger partial charge in [0.05, 0.1) is 5.02 Å². The Bertz CT molecular complexity index is 619. The van der Waals surface area contributed by atoms with Gasteiger partial charge in [-0.3, -0.25) is 0 Å². The van der Waals surface area contributed by atoms with Gasteiger partial charge in [0.1, 0.15) is 11.5 Å². The Kier molecular flexibility index (Phi) is 2.45. The van der Waals surface area contributed by atoms with Gasteiger partial charge in [0.2, 0.25) is 0 Å². The van der Waals surface area contributed by atoms with Gasteiger partial charge in [0, 0.05) is 11.5 Å². The van der Waals surface area contributed by atoms with Crippen molar-refractivity contribution in [3.63, 3.8) is 0 Å². The Labute approximate surface area is 108 Å². The summed E-state index contributed by atoms with van der Waals surface area (Å²) in [5.41, 5.74) is 6.53. The molecule has 0 radical (unpaired) electrons. The molecule has 2 aromatic rings. The van der Waals surface area contributed by atoms with Crippen LogP contribution >= 0.6 is 11.6 Å². The van der Waals surface area contributed by atoms with E-state index in [1.165, 1.54) is 10.7 Å². The Morgan fingerprint density at radius 2 is 2.11 bits per heavy atom. The van der Waals surface area contributed by atoms with Crippen LogP contribution in [0.2, 0.25) is 5.02 Å². The maximum absolute atomic E-state index is 13.9. The molecule has 4 N–H and O–H groups in total. The van der Waals surface area contributed by atoms with Crippen molar-refractivity contribution in [3.05, 3.63) is 34.9 Å². The first-order valence-electron chi connectivity index (χ1n) is 5.67. The van der Waals surface area contributed by atoms with Crippen LogP contribution in [0.15, 0.2) is 18.2 Å². The van der Waals surface area contributed by atoms with E-state index in [-0.39, 0.29) is 16.4 Å². The molecule has 1 aromatic carbocycles. The van der Waals surface area contributed by atoms with E-state index < -0.39 is 5.82 Å². The number of halogens is 2. The van der Waals surface area contributed by atoms with Gasteiger partial charge in [-0.2, -0.15) is 0 Å². The fraction of sp³-hybridized carbons (Fsp3) is 0.250. The largest absolute Gasteiger partial charge is 0.382 e. The van der Waals surface area contributed by atoms with Gasteiger partial charge in [0.15, 0.2) is 11.6 Å². The molecule has 0 atom stereocenters. The van der Waals surface area contributed by atoms with Crippen molar-refractivity contribution in [1.82, 2.24) is 9.66 Å². The van der Waals surface area contributed by atoms with Crippen LogP contribution in [0.5, 0.6) is 0 Å². The summed E-state index contributed by atoms with van der Waals surface area (Å²) in [5.74, 6) is 6.63.